The number of hydrogen-bond acceptors (Lipinski definition) is 9. The van der Waals surface area contributed by atoms with Crippen molar-refractivity contribution < 1.29 is 42.9 Å². The summed E-state index contributed by atoms with van der Waals surface area (Å²) in [6.45, 7) is 2.17. The number of furan rings is 1. The second-order valence-corrected chi connectivity index (χ2v) is 13.0. The molecule has 2 heterocycles. The highest BCUT2D eigenvalue weighted by Gasteiger charge is 2.45. The van der Waals surface area contributed by atoms with Crippen molar-refractivity contribution in [2.24, 2.45) is 5.92 Å². The molecule has 4 aromatic rings. The molecule has 1 fully saturated rings. The fraction of sp³-hybridized carbons (Fsp3) is 0.359. The number of esters is 1. The summed E-state index contributed by atoms with van der Waals surface area (Å²) in [5.74, 6) is -1.24. The van der Waals surface area contributed by atoms with E-state index >= 15 is 0 Å². The van der Waals surface area contributed by atoms with Crippen LogP contribution in [-0.4, -0.2) is 66.5 Å². The van der Waals surface area contributed by atoms with E-state index < -0.39 is 42.1 Å². The third-order valence-corrected chi connectivity index (χ3v) is 9.04. The minimum absolute atomic E-state index is 0.0620. The molecule has 264 valence electrons. The van der Waals surface area contributed by atoms with E-state index in [1.165, 1.54) is 6.92 Å². The maximum absolute atomic E-state index is 14.4. The van der Waals surface area contributed by atoms with Crippen molar-refractivity contribution in [1.29, 1.82) is 0 Å². The molecular weight excluding hydrogens is 706 g/mol. The zero-order valence-corrected chi connectivity index (χ0v) is 29.5. The molecule has 0 saturated carbocycles. The van der Waals surface area contributed by atoms with E-state index in [4.69, 9.17) is 23.4 Å². The first-order valence-electron chi connectivity index (χ1n) is 16.7. The average Bonchev–Trinajstić information content (AvgIpc) is 3.69. The number of carbonyl (C=O) groups is 3. The number of rotatable bonds is 18. The Morgan fingerprint density at radius 1 is 0.960 bits per heavy atom. The van der Waals surface area contributed by atoms with Crippen LogP contribution in [0.5, 0.6) is 0 Å². The Bertz CT molecular complexity index is 1660. The Balaban J connectivity index is 1.28. The minimum Gasteiger partial charge on any atom is -0.461 e. The van der Waals surface area contributed by atoms with Crippen LogP contribution < -0.4 is 0 Å². The van der Waals surface area contributed by atoms with E-state index in [2.05, 4.69) is 15.9 Å². The zero-order chi connectivity index (χ0) is 35.3. The summed E-state index contributed by atoms with van der Waals surface area (Å²) in [6, 6.07) is 29.8. The molecular formula is C39H42BrNO9. The predicted molar refractivity (Wildman–Crippen MR) is 188 cm³/mol. The number of ether oxygens (including phenoxy) is 4. The molecule has 10 nitrogen and oxygen atoms in total. The summed E-state index contributed by atoms with van der Waals surface area (Å²) in [6.07, 6.45) is -0.638. The van der Waals surface area contributed by atoms with Crippen molar-refractivity contribution >= 4 is 33.9 Å². The lowest BCUT2D eigenvalue weighted by atomic mass is 9.90. The van der Waals surface area contributed by atoms with Gasteiger partial charge in [-0.2, -0.15) is 0 Å². The number of cyclic esters (lactones) is 1. The Morgan fingerprint density at radius 3 is 2.24 bits per heavy atom. The number of nitrogens with zero attached hydrogens (tertiary/aromatic N) is 1. The van der Waals surface area contributed by atoms with E-state index in [1.807, 2.05) is 91.0 Å². The maximum Gasteiger partial charge on any atom is 0.416 e. The molecule has 0 aliphatic carbocycles. The molecule has 0 bridgehead atoms. The standard InChI is InChI=1S/C39H42BrNO9/c1-27(43)49-37(36-22-34(40)35(50-36)18-11-19-46-26-32(23-42)47-24-30-16-9-4-10-17-30)33(21-29-14-7-3-8-15-29)38(44)41-31(25-48-39(41)45)20-28-12-5-2-6-13-28/h2-10,12-17,22,31-33,37,42H,11,18-21,23-26H2,1H3/t31-,32+,33-,37-/m0/s1. The van der Waals surface area contributed by atoms with Crippen LogP contribution in [0.4, 0.5) is 4.79 Å². The first-order valence-corrected chi connectivity index (χ1v) is 17.5. The summed E-state index contributed by atoms with van der Waals surface area (Å²) in [7, 11) is 0. The van der Waals surface area contributed by atoms with Gasteiger partial charge in [-0.3, -0.25) is 9.59 Å². The van der Waals surface area contributed by atoms with Gasteiger partial charge in [-0.05, 0) is 57.9 Å². The smallest absolute Gasteiger partial charge is 0.416 e. The number of benzene rings is 3. The zero-order valence-electron chi connectivity index (χ0n) is 27.9. The van der Waals surface area contributed by atoms with Gasteiger partial charge in [0.15, 0.2) is 6.10 Å². The summed E-state index contributed by atoms with van der Waals surface area (Å²) < 4.78 is 29.7. The van der Waals surface area contributed by atoms with Crippen LogP contribution in [0.3, 0.4) is 0 Å². The van der Waals surface area contributed by atoms with Gasteiger partial charge in [0.25, 0.3) is 0 Å². The molecule has 5 rings (SSSR count). The number of halogens is 1. The SMILES string of the molecule is CC(=O)O[C@H](c1cc(Br)c(CCCOC[C@@H](CO)OCc2ccccc2)o1)[C@H](Cc1ccccc1)C(=O)N1C(=O)OC[C@@H]1Cc1ccccc1. The van der Waals surface area contributed by atoms with Crippen LogP contribution in [0.25, 0.3) is 0 Å². The monoisotopic (exact) mass is 747 g/mol. The quantitative estimate of drug-likeness (QED) is 0.0883. The summed E-state index contributed by atoms with van der Waals surface area (Å²) >= 11 is 3.58. The second kappa shape index (κ2) is 18.6. The first kappa shape index (κ1) is 37.0. The van der Waals surface area contributed by atoms with Crippen LogP contribution in [-0.2, 0) is 54.4 Å². The van der Waals surface area contributed by atoms with E-state index in [-0.39, 0.29) is 32.0 Å². The molecule has 1 saturated heterocycles. The van der Waals surface area contributed by atoms with Gasteiger partial charge < -0.3 is 28.5 Å². The fourth-order valence-electron chi connectivity index (χ4n) is 5.88. The van der Waals surface area contributed by atoms with Crippen LogP contribution in [0, 0.1) is 5.92 Å². The van der Waals surface area contributed by atoms with Crippen molar-refractivity contribution in [3.8, 4) is 0 Å². The lowest BCUT2D eigenvalue weighted by molar-refractivity contribution is -0.155. The van der Waals surface area contributed by atoms with Crippen molar-refractivity contribution in [3.63, 3.8) is 0 Å². The van der Waals surface area contributed by atoms with Gasteiger partial charge in [0.2, 0.25) is 5.91 Å². The Labute approximate surface area is 300 Å². The molecule has 1 aromatic heterocycles. The van der Waals surface area contributed by atoms with Gasteiger partial charge in [0.05, 0.1) is 36.3 Å². The van der Waals surface area contributed by atoms with Crippen LogP contribution in [0.1, 0.15) is 47.7 Å². The molecule has 3 aromatic carbocycles. The lowest BCUT2D eigenvalue weighted by Gasteiger charge is -2.29. The Hall–Kier alpha value is -4.29. The maximum atomic E-state index is 14.4. The van der Waals surface area contributed by atoms with Crippen molar-refractivity contribution in [2.75, 3.05) is 26.4 Å². The van der Waals surface area contributed by atoms with Crippen molar-refractivity contribution in [1.82, 2.24) is 4.90 Å². The fourth-order valence-corrected chi connectivity index (χ4v) is 6.39. The lowest BCUT2D eigenvalue weighted by Crippen LogP contribution is -2.46. The average molecular weight is 749 g/mol. The molecule has 1 N–H and O–H groups in total. The number of aliphatic hydroxyl groups excluding tert-OH is 1. The van der Waals surface area contributed by atoms with Crippen molar-refractivity contribution in [2.45, 2.75) is 57.5 Å². The van der Waals surface area contributed by atoms with Crippen LogP contribution in [0.15, 0.2) is 106 Å². The van der Waals surface area contributed by atoms with Gasteiger partial charge >= 0.3 is 12.1 Å². The topological polar surface area (TPSA) is 125 Å². The number of aryl methyl sites for hydroxylation is 1. The van der Waals surface area contributed by atoms with E-state index in [1.54, 1.807) is 6.07 Å². The molecule has 0 unspecified atom stereocenters. The second-order valence-electron chi connectivity index (χ2n) is 12.2. The van der Waals surface area contributed by atoms with Gasteiger partial charge in [0, 0.05) is 20.0 Å². The summed E-state index contributed by atoms with van der Waals surface area (Å²) in [4.78, 5) is 41.2. The largest absolute Gasteiger partial charge is 0.461 e. The van der Waals surface area contributed by atoms with E-state index in [0.29, 0.717) is 42.7 Å². The van der Waals surface area contributed by atoms with Crippen LogP contribution in [0.2, 0.25) is 0 Å². The minimum atomic E-state index is -1.13. The number of hydrogen-bond donors (Lipinski definition) is 1. The Morgan fingerprint density at radius 2 is 1.60 bits per heavy atom. The van der Waals surface area contributed by atoms with E-state index in [9.17, 15) is 19.5 Å². The molecule has 11 heteroatoms. The summed E-state index contributed by atoms with van der Waals surface area (Å²) in [5, 5.41) is 9.72. The number of aliphatic hydroxyl groups is 1. The van der Waals surface area contributed by atoms with Crippen molar-refractivity contribution in [3.05, 3.63) is 130 Å². The molecule has 2 amide bonds. The molecule has 50 heavy (non-hydrogen) atoms. The molecule has 1 aliphatic rings. The third-order valence-electron chi connectivity index (χ3n) is 8.37. The third kappa shape index (κ3) is 10.4. The van der Waals surface area contributed by atoms with Crippen LogP contribution >= 0.6 is 15.9 Å². The molecule has 1 aliphatic heterocycles. The highest BCUT2D eigenvalue weighted by Crippen LogP contribution is 2.37. The highest BCUT2D eigenvalue weighted by molar-refractivity contribution is 9.10. The number of carbonyl (C=O) groups excluding carboxylic acids is 3. The van der Waals surface area contributed by atoms with E-state index in [0.717, 1.165) is 21.6 Å². The predicted octanol–water partition coefficient (Wildman–Crippen LogP) is 6.62. The number of imide groups is 1. The van der Waals surface area contributed by atoms with Gasteiger partial charge in [-0.25, -0.2) is 9.69 Å². The molecule has 0 spiro atoms. The molecule has 4 atom stereocenters. The van der Waals surface area contributed by atoms with Gasteiger partial charge in [-0.1, -0.05) is 91.0 Å². The first-order chi connectivity index (χ1) is 24.3. The normalized spacial score (nSPS) is 16.1. The number of amides is 2. The highest BCUT2D eigenvalue weighted by atomic mass is 79.9. The van der Waals surface area contributed by atoms with Gasteiger partial charge in [-0.15, -0.1) is 0 Å². The Kier molecular flexibility index (Phi) is 13.8. The molecule has 0 radical (unpaired) electrons. The van der Waals surface area contributed by atoms with Gasteiger partial charge in [0.1, 0.15) is 24.2 Å². The summed E-state index contributed by atoms with van der Waals surface area (Å²) in [5.41, 5.74) is 2.79.